The molecule has 0 saturated heterocycles. The molecule has 0 spiro atoms. The number of benzene rings is 2. The van der Waals surface area contributed by atoms with E-state index in [4.69, 9.17) is 29.6 Å². The Labute approximate surface area is 230 Å². The van der Waals surface area contributed by atoms with Crippen molar-refractivity contribution in [3.05, 3.63) is 112 Å². The zero-order valence-electron chi connectivity index (χ0n) is 20.0. The van der Waals surface area contributed by atoms with Crippen molar-refractivity contribution >= 4 is 54.3 Å². The van der Waals surface area contributed by atoms with Crippen LogP contribution in [0.25, 0.3) is 0 Å². The van der Waals surface area contributed by atoms with Gasteiger partial charge in [0.2, 0.25) is 0 Å². The van der Waals surface area contributed by atoms with Crippen LogP contribution in [-0.4, -0.2) is 16.0 Å². The van der Waals surface area contributed by atoms with Gasteiger partial charge in [-0.05, 0) is 58.5 Å². The first-order valence-corrected chi connectivity index (χ1v) is 16.7. The standard InChI is InChI=1S/C15H16ClNOSSi.C12H8ClNOS/c1-20(2,3)9-8-12-4-6-13(7-5-12)11-17-15(18)10-14(16)19-17;1-2-9-3-5-10(6-4-9)8-14-12(15)7-11(13)16-14/h4-7,10H,11H2,1-3H3;1,3-7H,8H2. The first kappa shape index (κ1) is 27.8. The average Bonchev–Trinajstić information content (AvgIpc) is 3.32. The maximum absolute atomic E-state index is 11.6. The summed E-state index contributed by atoms with van der Waals surface area (Å²) in [6.07, 6.45) is 5.26. The molecule has 4 aromatic rings. The fraction of sp³-hybridized carbons (Fsp3) is 0.185. The number of terminal acetylenes is 1. The van der Waals surface area contributed by atoms with E-state index in [-0.39, 0.29) is 11.1 Å². The smallest absolute Gasteiger partial charge is 0.262 e. The van der Waals surface area contributed by atoms with E-state index in [0.29, 0.717) is 21.8 Å². The summed E-state index contributed by atoms with van der Waals surface area (Å²) in [5, 5.41) is 0. The summed E-state index contributed by atoms with van der Waals surface area (Å²) in [6, 6.07) is 18.4. The van der Waals surface area contributed by atoms with Crippen LogP contribution in [-0.2, 0) is 13.1 Å². The third kappa shape index (κ3) is 8.71. The van der Waals surface area contributed by atoms with Crippen molar-refractivity contribution in [2.45, 2.75) is 32.7 Å². The molecule has 0 radical (unpaired) electrons. The van der Waals surface area contributed by atoms with Crippen molar-refractivity contribution in [2.75, 3.05) is 0 Å². The molecule has 0 unspecified atom stereocenters. The maximum atomic E-state index is 11.6. The highest BCUT2D eigenvalue weighted by Crippen LogP contribution is 2.15. The molecule has 0 fully saturated rings. The Kier molecular flexibility index (Phi) is 9.61. The minimum atomic E-state index is -1.34. The lowest BCUT2D eigenvalue weighted by Gasteiger charge is -2.04. The van der Waals surface area contributed by atoms with Gasteiger partial charge in [0.25, 0.3) is 11.1 Å². The summed E-state index contributed by atoms with van der Waals surface area (Å²) in [6.45, 7) is 7.75. The summed E-state index contributed by atoms with van der Waals surface area (Å²) in [4.78, 5) is 23.0. The molecular weight excluding hydrogens is 547 g/mol. The van der Waals surface area contributed by atoms with Gasteiger partial charge in [-0.1, -0.05) is 78.9 Å². The normalized spacial score (nSPS) is 10.6. The fourth-order valence-electron chi connectivity index (χ4n) is 2.90. The molecular formula is C27H24Cl2N2O2S2Si. The van der Waals surface area contributed by atoms with E-state index < -0.39 is 8.07 Å². The number of aromatic nitrogens is 2. The molecule has 4 nitrogen and oxygen atoms in total. The number of hydrogen-bond acceptors (Lipinski definition) is 4. The summed E-state index contributed by atoms with van der Waals surface area (Å²) in [5.41, 5.74) is 7.17. The molecule has 0 N–H and O–H groups in total. The average molecular weight is 572 g/mol. The van der Waals surface area contributed by atoms with Crippen molar-refractivity contribution < 1.29 is 0 Å². The highest BCUT2D eigenvalue weighted by molar-refractivity contribution is 7.11. The van der Waals surface area contributed by atoms with Crippen LogP contribution in [0.4, 0.5) is 0 Å². The van der Waals surface area contributed by atoms with E-state index in [9.17, 15) is 9.59 Å². The van der Waals surface area contributed by atoms with E-state index in [1.165, 1.54) is 35.2 Å². The van der Waals surface area contributed by atoms with E-state index in [1.54, 1.807) is 7.91 Å². The molecule has 2 aromatic carbocycles. The van der Waals surface area contributed by atoms with Gasteiger partial charge < -0.3 is 0 Å². The zero-order valence-corrected chi connectivity index (χ0v) is 24.2. The largest absolute Gasteiger partial charge is 0.268 e. The third-order valence-electron chi connectivity index (χ3n) is 4.67. The molecule has 0 bridgehead atoms. The number of rotatable bonds is 4. The van der Waals surface area contributed by atoms with Crippen LogP contribution in [0, 0.1) is 23.8 Å². The molecule has 36 heavy (non-hydrogen) atoms. The van der Waals surface area contributed by atoms with Crippen molar-refractivity contribution in [2.24, 2.45) is 0 Å². The Balaban J connectivity index is 0.000000205. The van der Waals surface area contributed by atoms with E-state index in [0.717, 1.165) is 22.3 Å². The Morgan fingerprint density at radius 2 is 1.19 bits per heavy atom. The van der Waals surface area contributed by atoms with E-state index >= 15 is 0 Å². The molecule has 2 aromatic heterocycles. The molecule has 0 atom stereocenters. The predicted octanol–water partition coefficient (Wildman–Crippen LogP) is 6.43. The summed E-state index contributed by atoms with van der Waals surface area (Å²) in [5.74, 6) is 5.76. The molecule has 0 saturated carbocycles. The first-order valence-electron chi connectivity index (χ1n) is 10.9. The summed E-state index contributed by atoms with van der Waals surface area (Å²) >= 11 is 14.1. The number of nitrogens with zero attached hydrogens (tertiary/aromatic N) is 2. The van der Waals surface area contributed by atoms with Gasteiger partial charge in [0.15, 0.2) is 0 Å². The van der Waals surface area contributed by atoms with Gasteiger partial charge in [0.05, 0.1) is 13.1 Å². The quantitative estimate of drug-likeness (QED) is 0.209. The van der Waals surface area contributed by atoms with Crippen molar-refractivity contribution in [3.8, 4) is 23.8 Å². The topological polar surface area (TPSA) is 44.0 Å². The Hall–Kier alpha value is -2.78. The SMILES string of the molecule is C#Cc1ccc(Cn2sc(Cl)cc2=O)cc1.C[Si](C)(C)C#Cc1ccc(Cn2sc(Cl)cc2=O)cc1. The van der Waals surface area contributed by atoms with E-state index in [2.05, 4.69) is 37.0 Å². The maximum Gasteiger partial charge on any atom is 0.262 e. The van der Waals surface area contributed by atoms with Crippen LogP contribution >= 0.6 is 46.3 Å². The van der Waals surface area contributed by atoms with E-state index in [1.807, 2.05) is 48.5 Å². The minimum absolute atomic E-state index is 0.0531. The number of halogens is 2. The third-order valence-corrected chi connectivity index (χ3v) is 7.82. The zero-order chi connectivity index (χ0) is 26.3. The first-order chi connectivity index (χ1) is 17.0. The minimum Gasteiger partial charge on any atom is -0.268 e. The van der Waals surface area contributed by atoms with Crippen LogP contribution in [0.1, 0.15) is 22.3 Å². The van der Waals surface area contributed by atoms with Gasteiger partial charge in [-0.3, -0.25) is 17.5 Å². The van der Waals surface area contributed by atoms with Crippen molar-refractivity contribution in [1.29, 1.82) is 0 Å². The molecule has 0 aliphatic heterocycles. The van der Waals surface area contributed by atoms with Gasteiger partial charge in [-0.15, -0.1) is 12.0 Å². The van der Waals surface area contributed by atoms with Gasteiger partial charge in [-0.25, -0.2) is 0 Å². The molecule has 2 heterocycles. The van der Waals surface area contributed by atoms with Crippen LogP contribution in [0.15, 0.2) is 70.3 Å². The van der Waals surface area contributed by atoms with Gasteiger partial charge in [-0.2, -0.15) is 0 Å². The number of hydrogen-bond donors (Lipinski definition) is 0. The fourth-order valence-corrected chi connectivity index (χ4v) is 5.55. The molecule has 184 valence electrons. The molecule has 0 aliphatic rings. The lowest BCUT2D eigenvalue weighted by atomic mass is 10.1. The Morgan fingerprint density at radius 1 is 0.778 bits per heavy atom. The van der Waals surface area contributed by atoms with Crippen LogP contribution in [0.3, 0.4) is 0 Å². The molecule has 0 aliphatic carbocycles. The summed E-state index contributed by atoms with van der Waals surface area (Å²) in [7, 11) is -1.34. The molecule has 4 rings (SSSR count). The highest BCUT2D eigenvalue weighted by Gasteiger charge is 2.07. The summed E-state index contributed by atoms with van der Waals surface area (Å²) < 4.78 is 4.27. The van der Waals surface area contributed by atoms with Gasteiger partial charge >= 0.3 is 0 Å². The molecule has 0 amide bonds. The van der Waals surface area contributed by atoms with Crippen molar-refractivity contribution in [1.82, 2.24) is 7.91 Å². The van der Waals surface area contributed by atoms with Gasteiger partial charge in [0.1, 0.15) is 16.7 Å². The second-order valence-electron chi connectivity index (χ2n) is 8.87. The lowest BCUT2D eigenvalue weighted by molar-refractivity contribution is 0.849. The second-order valence-corrected chi connectivity index (χ2v) is 17.0. The lowest BCUT2D eigenvalue weighted by Crippen LogP contribution is -2.16. The highest BCUT2D eigenvalue weighted by atomic mass is 35.5. The van der Waals surface area contributed by atoms with Crippen LogP contribution < -0.4 is 11.1 Å². The predicted molar refractivity (Wildman–Crippen MR) is 156 cm³/mol. The monoisotopic (exact) mass is 570 g/mol. The van der Waals surface area contributed by atoms with Crippen LogP contribution in [0.5, 0.6) is 0 Å². The second kappa shape index (κ2) is 12.4. The molecule has 9 heteroatoms. The van der Waals surface area contributed by atoms with Crippen LogP contribution in [0.2, 0.25) is 28.3 Å². The Morgan fingerprint density at radius 3 is 1.53 bits per heavy atom. The Bertz CT molecular complexity index is 1540. The van der Waals surface area contributed by atoms with Crippen molar-refractivity contribution in [3.63, 3.8) is 0 Å². The van der Waals surface area contributed by atoms with Gasteiger partial charge in [0, 0.05) is 23.3 Å².